The summed E-state index contributed by atoms with van der Waals surface area (Å²) < 4.78 is 5.47. The number of hydrogen-bond donors (Lipinski definition) is 0. The first kappa shape index (κ1) is 16.1. The Balaban J connectivity index is 2.22. The van der Waals surface area contributed by atoms with Crippen molar-refractivity contribution in [2.45, 2.75) is 60.0 Å². The number of carbonyl (C=O) groups excluding carboxylic acids is 2. The minimum absolute atomic E-state index is 0.118. The van der Waals surface area contributed by atoms with Gasteiger partial charge >= 0.3 is 6.09 Å². The number of ketones is 1. The number of ether oxygens (including phenoxy) is 1. The molecule has 0 bridgehead atoms. The smallest absolute Gasteiger partial charge is 0.410 e. The van der Waals surface area contributed by atoms with Crippen LogP contribution < -0.4 is 0 Å². The van der Waals surface area contributed by atoms with Crippen molar-refractivity contribution < 1.29 is 14.3 Å². The number of nitrogens with zero attached hydrogens (tertiary/aromatic N) is 1. The highest BCUT2D eigenvalue weighted by atomic mass is 16.6. The minimum Gasteiger partial charge on any atom is -0.444 e. The molecule has 0 aromatic rings. The largest absolute Gasteiger partial charge is 0.444 e. The van der Waals surface area contributed by atoms with Crippen molar-refractivity contribution in [3.05, 3.63) is 11.6 Å². The van der Waals surface area contributed by atoms with E-state index in [1.54, 1.807) is 4.90 Å². The lowest BCUT2D eigenvalue weighted by atomic mass is 9.58. The molecule has 1 saturated carbocycles. The van der Waals surface area contributed by atoms with Gasteiger partial charge in [-0.3, -0.25) is 4.79 Å². The zero-order valence-corrected chi connectivity index (χ0v) is 14.1. The second-order valence-corrected chi connectivity index (χ2v) is 8.09. The van der Waals surface area contributed by atoms with Crippen molar-refractivity contribution in [2.75, 3.05) is 13.1 Å². The highest BCUT2D eigenvalue weighted by Crippen LogP contribution is 2.50. The summed E-state index contributed by atoms with van der Waals surface area (Å²) in [6, 6.07) is 0. The van der Waals surface area contributed by atoms with Crippen LogP contribution in [0.1, 0.15) is 54.4 Å². The fourth-order valence-corrected chi connectivity index (χ4v) is 3.56. The van der Waals surface area contributed by atoms with Crippen LogP contribution in [0.3, 0.4) is 0 Å². The maximum atomic E-state index is 12.3. The van der Waals surface area contributed by atoms with Gasteiger partial charge in [0.25, 0.3) is 0 Å². The van der Waals surface area contributed by atoms with Gasteiger partial charge in [-0.15, -0.1) is 0 Å². The fourth-order valence-electron chi connectivity index (χ4n) is 3.56. The third kappa shape index (κ3) is 2.99. The van der Waals surface area contributed by atoms with Gasteiger partial charge in [0.05, 0.1) is 0 Å². The molecule has 2 aliphatic rings. The molecule has 4 heteroatoms. The lowest BCUT2D eigenvalue weighted by molar-refractivity contribution is -0.129. The predicted octanol–water partition coefficient (Wildman–Crippen LogP) is 3.56. The van der Waals surface area contributed by atoms with E-state index >= 15 is 0 Å². The molecular weight excluding hydrogens is 266 g/mol. The standard InChI is InChI=1S/C17H27NO3/c1-15(2,3)21-14(20)18-10-8-12-16(4,5)13(19)7-9-17(12,6)11-18/h8H,7,9-11H2,1-6H3/t17-/m1/s1. The Hall–Kier alpha value is -1.32. The highest BCUT2D eigenvalue weighted by Gasteiger charge is 2.49. The van der Waals surface area contributed by atoms with Crippen molar-refractivity contribution in [3.8, 4) is 0 Å². The zero-order valence-electron chi connectivity index (χ0n) is 14.1. The molecule has 0 aromatic heterocycles. The maximum absolute atomic E-state index is 12.3. The average Bonchev–Trinajstić information content (AvgIpc) is 2.32. The summed E-state index contributed by atoms with van der Waals surface area (Å²) in [5, 5.41) is 0. The van der Waals surface area contributed by atoms with Crippen molar-refractivity contribution in [1.82, 2.24) is 4.90 Å². The normalized spacial score (nSPS) is 28.8. The summed E-state index contributed by atoms with van der Waals surface area (Å²) in [6.45, 7) is 12.9. The van der Waals surface area contributed by atoms with Gasteiger partial charge in [-0.05, 0) is 41.0 Å². The van der Waals surface area contributed by atoms with Gasteiger partial charge in [-0.2, -0.15) is 0 Å². The van der Waals surface area contributed by atoms with Gasteiger partial charge in [0.1, 0.15) is 11.4 Å². The fraction of sp³-hybridized carbons (Fsp3) is 0.765. The van der Waals surface area contributed by atoms with Crippen molar-refractivity contribution >= 4 is 11.9 Å². The van der Waals surface area contributed by atoms with E-state index in [0.717, 1.165) is 6.42 Å². The van der Waals surface area contributed by atoms with E-state index in [2.05, 4.69) is 13.0 Å². The molecule has 21 heavy (non-hydrogen) atoms. The van der Waals surface area contributed by atoms with Gasteiger partial charge in [0, 0.05) is 30.3 Å². The van der Waals surface area contributed by atoms with E-state index in [1.807, 2.05) is 34.6 Å². The number of amides is 1. The maximum Gasteiger partial charge on any atom is 0.410 e. The monoisotopic (exact) mass is 293 g/mol. The van der Waals surface area contributed by atoms with Crippen LogP contribution in [0.15, 0.2) is 11.6 Å². The van der Waals surface area contributed by atoms with Gasteiger partial charge in [-0.1, -0.05) is 18.6 Å². The first-order chi connectivity index (χ1) is 9.46. The Bertz CT molecular complexity index is 499. The molecule has 1 heterocycles. The van der Waals surface area contributed by atoms with Crippen molar-refractivity contribution in [1.29, 1.82) is 0 Å². The third-order valence-corrected chi connectivity index (χ3v) is 4.63. The summed E-state index contributed by atoms with van der Waals surface area (Å²) in [7, 11) is 0. The second-order valence-electron chi connectivity index (χ2n) is 8.09. The molecule has 1 atom stereocenters. The summed E-state index contributed by atoms with van der Waals surface area (Å²) in [5.74, 6) is 0.303. The molecule has 2 rings (SSSR count). The number of carbonyl (C=O) groups is 2. The van der Waals surface area contributed by atoms with E-state index in [0.29, 0.717) is 25.3 Å². The summed E-state index contributed by atoms with van der Waals surface area (Å²) in [6.07, 6.45) is 3.18. The molecule has 0 N–H and O–H groups in total. The van der Waals surface area contributed by atoms with E-state index < -0.39 is 11.0 Å². The molecule has 0 radical (unpaired) electrons. The third-order valence-electron chi connectivity index (χ3n) is 4.63. The van der Waals surface area contributed by atoms with E-state index in [-0.39, 0.29) is 11.5 Å². The average molecular weight is 293 g/mol. The van der Waals surface area contributed by atoms with Crippen LogP contribution in [0.5, 0.6) is 0 Å². The number of hydrogen-bond acceptors (Lipinski definition) is 3. The lowest BCUT2D eigenvalue weighted by Gasteiger charge is -2.49. The Morgan fingerprint density at radius 2 is 1.90 bits per heavy atom. The molecule has 1 aliphatic carbocycles. The van der Waals surface area contributed by atoms with Gasteiger partial charge in [-0.25, -0.2) is 4.79 Å². The SMILES string of the molecule is CC(C)(C)OC(=O)N1CC=C2C(C)(C)C(=O)CC[C@]2(C)C1. The minimum atomic E-state index is -0.482. The van der Waals surface area contributed by atoms with Crippen molar-refractivity contribution in [3.63, 3.8) is 0 Å². The van der Waals surface area contributed by atoms with Crippen LogP contribution in [0, 0.1) is 10.8 Å². The summed E-state index contributed by atoms with van der Waals surface area (Å²) in [4.78, 5) is 26.2. The van der Waals surface area contributed by atoms with Crippen LogP contribution in [-0.4, -0.2) is 35.5 Å². The first-order valence-corrected chi connectivity index (χ1v) is 7.68. The highest BCUT2D eigenvalue weighted by molar-refractivity contribution is 5.89. The summed E-state index contributed by atoms with van der Waals surface area (Å²) >= 11 is 0. The van der Waals surface area contributed by atoms with E-state index in [9.17, 15) is 9.59 Å². The van der Waals surface area contributed by atoms with Crippen LogP contribution in [-0.2, 0) is 9.53 Å². The zero-order chi connectivity index (χ0) is 16.1. The Morgan fingerprint density at radius 1 is 1.29 bits per heavy atom. The molecular formula is C17H27NO3. The predicted molar refractivity (Wildman–Crippen MR) is 82.0 cm³/mol. The number of rotatable bonds is 0. The number of fused-ring (bicyclic) bond motifs is 1. The van der Waals surface area contributed by atoms with Crippen LogP contribution in [0.25, 0.3) is 0 Å². The first-order valence-electron chi connectivity index (χ1n) is 7.68. The van der Waals surface area contributed by atoms with Crippen LogP contribution in [0.2, 0.25) is 0 Å². The number of Topliss-reactive ketones (excluding diaryl/α,β-unsaturated/α-hetero) is 1. The summed E-state index contributed by atoms with van der Waals surface area (Å²) in [5.41, 5.74) is 0.176. The molecule has 0 unspecified atom stereocenters. The molecule has 0 aromatic carbocycles. The van der Waals surface area contributed by atoms with Gasteiger partial charge < -0.3 is 9.64 Å². The van der Waals surface area contributed by atoms with E-state index in [1.165, 1.54) is 5.57 Å². The van der Waals surface area contributed by atoms with Gasteiger partial charge in [0.15, 0.2) is 0 Å². The van der Waals surface area contributed by atoms with Gasteiger partial charge in [0.2, 0.25) is 0 Å². The Kier molecular flexibility index (Phi) is 3.71. The Labute approximate surface area is 127 Å². The molecule has 1 aliphatic heterocycles. The topological polar surface area (TPSA) is 46.6 Å². The molecule has 0 spiro atoms. The molecule has 0 saturated heterocycles. The molecule has 1 amide bonds. The second kappa shape index (κ2) is 4.85. The Morgan fingerprint density at radius 3 is 2.48 bits per heavy atom. The van der Waals surface area contributed by atoms with Crippen LogP contribution >= 0.6 is 0 Å². The quantitative estimate of drug-likeness (QED) is 0.642. The van der Waals surface area contributed by atoms with Crippen molar-refractivity contribution in [2.24, 2.45) is 10.8 Å². The van der Waals surface area contributed by atoms with Crippen LogP contribution in [0.4, 0.5) is 4.79 Å². The lowest BCUT2D eigenvalue weighted by Crippen LogP contribution is -2.52. The molecule has 4 nitrogen and oxygen atoms in total. The van der Waals surface area contributed by atoms with E-state index in [4.69, 9.17) is 4.74 Å². The molecule has 118 valence electrons. The molecule has 1 fully saturated rings.